The van der Waals surface area contributed by atoms with Gasteiger partial charge in [0.25, 0.3) is 0 Å². The highest BCUT2D eigenvalue weighted by atomic mass is 35.5. The highest BCUT2D eigenvalue weighted by Gasteiger charge is 2.30. The Morgan fingerprint density at radius 2 is 1.84 bits per heavy atom. The molecule has 0 bridgehead atoms. The van der Waals surface area contributed by atoms with E-state index in [-0.39, 0.29) is 5.02 Å². The van der Waals surface area contributed by atoms with Crippen molar-refractivity contribution in [1.29, 1.82) is 0 Å². The maximum atomic E-state index is 12.9. The fourth-order valence-electron chi connectivity index (χ4n) is 2.80. The molecule has 130 valence electrons. The molecule has 0 spiro atoms. The quantitative estimate of drug-likeness (QED) is 0.513. The minimum atomic E-state index is -4.39. The molecule has 0 N–H and O–H groups in total. The average Bonchev–Trinajstić information content (AvgIpc) is 2.86. The summed E-state index contributed by atoms with van der Waals surface area (Å²) in [7, 11) is 1.76. The van der Waals surface area contributed by atoms with Gasteiger partial charge in [-0.2, -0.15) is 13.2 Å². The molecule has 0 aliphatic rings. The third-order valence-corrected chi connectivity index (χ3v) is 4.97. The van der Waals surface area contributed by atoms with Crippen molar-refractivity contribution in [2.24, 2.45) is 7.05 Å². The summed E-state index contributed by atoms with van der Waals surface area (Å²) in [5.41, 5.74) is 1.59. The fraction of sp³-hybridized carbons (Fsp3) is 0.167. The zero-order chi connectivity index (χ0) is 18.4. The molecule has 1 aromatic heterocycles. The van der Waals surface area contributed by atoms with E-state index in [9.17, 15) is 18.0 Å². The van der Waals surface area contributed by atoms with Gasteiger partial charge in [0.05, 0.1) is 10.6 Å². The topological polar surface area (TPSA) is 22.0 Å². The second kappa shape index (κ2) is 6.39. The van der Waals surface area contributed by atoms with E-state index < -0.39 is 11.7 Å². The predicted octanol–water partition coefficient (Wildman–Crippen LogP) is 5.91. The zero-order valence-electron chi connectivity index (χ0n) is 13.0. The van der Waals surface area contributed by atoms with Crippen molar-refractivity contribution in [3.8, 4) is 0 Å². The molecule has 0 saturated carbocycles. The van der Waals surface area contributed by atoms with Crippen LogP contribution in [0, 0.1) is 0 Å². The van der Waals surface area contributed by atoms with Gasteiger partial charge in [-0.1, -0.05) is 23.2 Å². The van der Waals surface area contributed by atoms with Crippen molar-refractivity contribution in [2.45, 2.75) is 12.6 Å². The molecular weight excluding hydrogens is 374 g/mol. The van der Waals surface area contributed by atoms with Gasteiger partial charge in [0.2, 0.25) is 0 Å². The van der Waals surface area contributed by atoms with Crippen molar-refractivity contribution >= 4 is 40.4 Å². The number of carbonyl (C=O) groups excluding carboxylic acids is 1. The van der Waals surface area contributed by atoms with Crippen LogP contribution in [0.3, 0.4) is 0 Å². The molecule has 1 heterocycles. The van der Waals surface area contributed by atoms with Crippen LogP contribution in [0.5, 0.6) is 0 Å². The van der Waals surface area contributed by atoms with Gasteiger partial charge in [-0.05, 0) is 42.0 Å². The lowest BCUT2D eigenvalue weighted by Crippen LogP contribution is -2.04. The summed E-state index contributed by atoms with van der Waals surface area (Å²) in [6.45, 7) is 0. The molecule has 3 aromatic rings. The molecule has 0 unspecified atom stereocenters. The lowest BCUT2D eigenvalue weighted by Gasteiger charge is -2.10. The molecule has 3 rings (SSSR count). The predicted molar refractivity (Wildman–Crippen MR) is 92.6 cm³/mol. The van der Waals surface area contributed by atoms with E-state index in [0.717, 1.165) is 17.8 Å². The van der Waals surface area contributed by atoms with Crippen molar-refractivity contribution in [1.82, 2.24) is 4.57 Å². The number of aldehydes is 1. The Hall–Kier alpha value is -1.98. The lowest BCUT2D eigenvalue weighted by atomic mass is 10.1. The molecule has 0 fully saturated rings. The number of hydrogen-bond acceptors (Lipinski definition) is 1. The van der Waals surface area contributed by atoms with Gasteiger partial charge in [-0.25, -0.2) is 0 Å². The van der Waals surface area contributed by atoms with E-state index in [2.05, 4.69) is 0 Å². The minimum absolute atomic E-state index is 0.253. The summed E-state index contributed by atoms with van der Waals surface area (Å²) in [6, 6.07) is 8.38. The number of aryl methyl sites for hydroxylation is 1. The molecule has 0 aliphatic heterocycles. The number of aromatic nitrogens is 1. The van der Waals surface area contributed by atoms with Crippen LogP contribution in [-0.2, 0) is 19.6 Å². The first kappa shape index (κ1) is 17.8. The van der Waals surface area contributed by atoms with Gasteiger partial charge in [0, 0.05) is 40.7 Å². The molecule has 0 radical (unpaired) electrons. The Balaban J connectivity index is 2.09. The first-order valence-electron chi connectivity index (χ1n) is 7.30. The molecule has 2 aromatic carbocycles. The summed E-state index contributed by atoms with van der Waals surface area (Å²) in [5, 5.41) is 1.13. The first-order chi connectivity index (χ1) is 11.7. The summed E-state index contributed by atoms with van der Waals surface area (Å²) in [6.07, 6.45) is -3.46. The summed E-state index contributed by atoms with van der Waals surface area (Å²) < 4.78 is 40.4. The van der Waals surface area contributed by atoms with E-state index in [0.29, 0.717) is 39.8 Å². The molecular formula is C18H12Cl2F3NO. The number of halogens is 5. The van der Waals surface area contributed by atoms with Crippen LogP contribution in [0.4, 0.5) is 13.2 Å². The number of rotatable bonds is 3. The van der Waals surface area contributed by atoms with Crippen LogP contribution in [0.25, 0.3) is 10.9 Å². The fourth-order valence-corrected chi connectivity index (χ4v) is 3.35. The molecule has 25 heavy (non-hydrogen) atoms. The molecule has 7 heteroatoms. The number of carbonyl (C=O) groups is 1. The van der Waals surface area contributed by atoms with Gasteiger partial charge < -0.3 is 4.57 Å². The molecule has 2 nitrogen and oxygen atoms in total. The Kier molecular flexibility index (Phi) is 4.56. The molecule has 0 amide bonds. The normalized spacial score (nSPS) is 11.9. The van der Waals surface area contributed by atoms with E-state index in [1.165, 1.54) is 12.1 Å². The van der Waals surface area contributed by atoms with Crippen LogP contribution in [0.2, 0.25) is 10.0 Å². The van der Waals surface area contributed by atoms with Gasteiger partial charge in [-0.15, -0.1) is 0 Å². The highest BCUT2D eigenvalue weighted by molar-refractivity contribution is 6.37. The minimum Gasteiger partial charge on any atom is -0.347 e. The summed E-state index contributed by atoms with van der Waals surface area (Å²) in [5.74, 6) is 0. The molecule has 0 aliphatic carbocycles. The Bertz CT molecular complexity index is 977. The van der Waals surface area contributed by atoms with Crippen LogP contribution >= 0.6 is 23.2 Å². The Morgan fingerprint density at radius 1 is 1.12 bits per heavy atom. The number of fused-ring (bicyclic) bond motifs is 1. The van der Waals surface area contributed by atoms with Gasteiger partial charge in [0.15, 0.2) is 6.29 Å². The van der Waals surface area contributed by atoms with Crippen LogP contribution in [-0.4, -0.2) is 10.9 Å². The summed E-state index contributed by atoms with van der Waals surface area (Å²) in [4.78, 5) is 11.0. The van der Waals surface area contributed by atoms with Gasteiger partial charge in [-0.3, -0.25) is 4.79 Å². The zero-order valence-corrected chi connectivity index (χ0v) is 14.5. The number of benzene rings is 2. The SMILES string of the molecule is Cn1c(Cc2c(Cl)ccc(C=O)c2Cl)cc2cc(C(F)(F)F)ccc21. The van der Waals surface area contributed by atoms with E-state index >= 15 is 0 Å². The Morgan fingerprint density at radius 3 is 2.48 bits per heavy atom. The smallest absolute Gasteiger partial charge is 0.347 e. The molecule has 0 atom stereocenters. The number of hydrogen-bond donors (Lipinski definition) is 0. The van der Waals surface area contributed by atoms with E-state index in [4.69, 9.17) is 23.2 Å². The van der Waals surface area contributed by atoms with Crippen LogP contribution < -0.4 is 0 Å². The maximum absolute atomic E-state index is 12.9. The third kappa shape index (κ3) is 3.26. The number of alkyl halides is 3. The maximum Gasteiger partial charge on any atom is 0.416 e. The van der Waals surface area contributed by atoms with Crippen LogP contribution in [0.15, 0.2) is 36.4 Å². The van der Waals surface area contributed by atoms with Crippen molar-refractivity contribution < 1.29 is 18.0 Å². The summed E-state index contributed by atoms with van der Waals surface area (Å²) >= 11 is 12.4. The van der Waals surface area contributed by atoms with Crippen molar-refractivity contribution in [3.63, 3.8) is 0 Å². The van der Waals surface area contributed by atoms with Crippen molar-refractivity contribution in [2.75, 3.05) is 0 Å². The van der Waals surface area contributed by atoms with Gasteiger partial charge >= 0.3 is 6.18 Å². The number of nitrogens with zero attached hydrogens (tertiary/aromatic N) is 1. The van der Waals surface area contributed by atoms with Crippen molar-refractivity contribution in [3.05, 3.63) is 68.8 Å². The van der Waals surface area contributed by atoms with Gasteiger partial charge in [0.1, 0.15) is 0 Å². The lowest BCUT2D eigenvalue weighted by molar-refractivity contribution is -0.137. The Labute approximate surface area is 151 Å². The largest absolute Gasteiger partial charge is 0.416 e. The second-order valence-electron chi connectivity index (χ2n) is 5.69. The average molecular weight is 386 g/mol. The monoisotopic (exact) mass is 385 g/mol. The molecule has 0 saturated heterocycles. The van der Waals surface area contributed by atoms with E-state index in [1.807, 2.05) is 0 Å². The second-order valence-corrected chi connectivity index (χ2v) is 6.47. The first-order valence-corrected chi connectivity index (χ1v) is 8.05. The van der Waals surface area contributed by atoms with Crippen LogP contribution in [0.1, 0.15) is 27.2 Å². The highest BCUT2D eigenvalue weighted by Crippen LogP contribution is 2.34. The standard InChI is InChI=1S/C18H12Cl2F3NO/c1-24-13(8-14-15(19)4-2-10(9-25)17(14)20)7-11-6-12(18(21,22)23)3-5-16(11)24/h2-7,9H,8H2,1H3. The van der Waals surface area contributed by atoms with E-state index in [1.54, 1.807) is 23.7 Å². The third-order valence-electron chi connectivity index (χ3n) is 4.17.